The third kappa shape index (κ3) is 1.92. The number of hydrogen-bond acceptors (Lipinski definition) is 2. The smallest absolute Gasteiger partial charge is 0.147 e. The van der Waals surface area contributed by atoms with Gasteiger partial charge in [-0.2, -0.15) is 5.26 Å². The zero-order chi connectivity index (χ0) is 11.5. The monoisotopic (exact) mass is 234 g/mol. The Kier molecular flexibility index (Phi) is 3.46. The Bertz CT molecular complexity index is 446. The van der Waals surface area contributed by atoms with E-state index in [0.29, 0.717) is 10.7 Å². The van der Waals surface area contributed by atoms with E-state index in [-0.39, 0.29) is 0 Å². The third-order valence-electron chi connectivity index (χ3n) is 3.16. The SMILES string of the molecule is CCCc1c(C#N)c(Cl)nc2c1CCCC2. The lowest BCUT2D eigenvalue weighted by atomic mass is 9.88. The minimum absolute atomic E-state index is 0.395. The fraction of sp³-hybridized carbons (Fsp3) is 0.538. The van der Waals surface area contributed by atoms with Crippen LogP contribution in [0.3, 0.4) is 0 Å². The molecule has 0 atom stereocenters. The molecule has 0 radical (unpaired) electrons. The molecule has 0 amide bonds. The minimum Gasteiger partial charge on any atom is -0.239 e. The van der Waals surface area contributed by atoms with Crippen LogP contribution in [-0.4, -0.2) is 4.98 Å². The number of halogens is 1. The molecule has 2 rings (SSSR count). The third-order valence-corrected chi connectivity index (χ3v) is 3.43. The number of hydrogen-bond donors (Lipinski definition) is 0. The van der Waals surface area contributed by atoms with Crippen LogP contribution in [0.25, 0.3) is 0 Å². The molecule has 0 aromatic carbocycles. The van der Waals surface area contributed by atoms with Crippen molar-refractivity contribution < 1.29 is 0 Å². The highest BCUT2D eigenvalue weighted by molar-refractivity contribution is 6.30. The van der Waals surface area contributed by atoms with Gasteiger partial charge in [0.15, 0.2) is 0 Å². The quantitative estimate of drug-likeness (QED) is 0.735. The van der Waals surface area contributed by atoms with Crippen molar-refractivity contribution in [1.82, 2.24) is 4.98 Å². The summed E-state index contributed by atoms with van der Waals surface area (Å²) in [4.78, 5) is 4.37. The molecule has 84 valence electrons. The molecule has 16 heavy (non-hydrogen) atoms. The molecule has 0 spiro atoms. The van der Waals surface area contributed by atoms with Crippen molar-refractivity contribution in [2.45, 2.75) is 45.4 Å². The van der Waals surface area contributed by atoms with Crippen molar-refractivity contribution in [3.8, 4) is 6.07 Å². The molecule has 0 saturated heterocycles. The van der Waals surface area contributed by atoms with Gasteiger partial charge in [0, 0.05) is 5.69 Å². The van der Waals surface area contributed by atoms with Crippen molar-refractivity contribution in [1.29, 1.82) is 5.26 Å². The molecule has 1 aromatic rings. The largest absolute Gasteiger partial charge is 0.239 e. The van der Waals surface area contributed by atoms with Crippen LogP contribution in [0.15, 0.2) is 0 Å². The maximum atomic E-state index is 9.15. The van der Waals surface area contributed by atoms with Crippen LogP contribution < -0.4 is 0 Å². The van der Waals surface area contributed by atoms with Crippen LogP contribution >= 0.6 is 11.6 Å². The maximum absolute atomic E-state index is 9.15. The zero-order valence-corrected chi connectivity index (χ0v) is 10.3. The van der Waals surface area contributed by atoms with Crippen molar-refractivity contribution in [2.24, 2.45) is 0 Å². The second-order valence-corrected chi connectivity index (χ2v) is 4.61. The van der Waals surface area contributed by atoms with Crippen LogP contribution in [0, 0.1) is 11.3 Å². The average molecular weight is 235 g/mol. The first-order valence-electron chi connectivity index (χ1n) is 5.88. The number of aromatic nitrogens is 1. The predicted molar refractivity (Wildman–Crippen MR) is 64.6 cm³/mol. The summed E-state index contributed by atoms with van der Waals surface area (Å²) in [5, 5.41) is 9.55. The van der Waals surface area contributed by atoms with Gasteiger partial charge in [-0.05, 0) is 43.2 Å². The van der Waals surface area contributed by atoms with Crippen LogP contribution in [0.2, 0.25) is 5.15 Å². The molecular weight excluding hydrogens is 220 g/mol. The highest BCUT2D eigenvalue weighted by Crippen LogP contribution is 2.30. The number of nitriles is 1. The van der Waals surface area contributed by atoms with Gasteiger partial charge in [-0.15, -0.1) is 0 Å². The van der Waals surface area contributed by atoms with E-state index in [1.165, 1.54) is 18.4 Å². The van der Waals surface area contributed by atoms with E-state index in [1.807, 2.05) is 0 Å². The number of pyridine rings is 1. The predicted octanol–water partition coefficient (Wildman–Crippen LogP) is 3.44. The van der Waals surface area contributed by atoms with Crippen LogP contribution in [0.4, 0.5) is 0 Å². The first-order valence-corrected chi connectivity index (χ1v) is 6.26. The molecule has 1 aromatic heterocycles. The van der Waals surface area contributed by atoms with Crippen LogP contribution in [-0.2, 0) is 19.3 Å². The number of aryl methyl sites for hydroxylation is 1. The number of fused-ring (bicyclic) bond motifs is 1. The molecule has 3 heteroatoms. The van der Waals surface area contributed by atoms with Crippen molar-refractivity contribution >= 4 is 11.6 Å². The molecule has 0 aliphatic heterocycles. The first kappa shape index (κ1) is 11.4. The van der Waals surface area contributed by atoms with Crippen LogP contribution in [0.5, 0.6) is 0 Å². The van der Waals surface area contributed by atoms with E-state index in [4.69, 9.17) is 16.9 Å². The summed E-state index contributed by atoms with van der Waals surface area (Å²) in [7, 11) is 0. The van der Waals surface area contributed by atoms with E-state index in [9.17, 15) is 0 Å². The Morgan fingerprint density at radius 1 is 1.38 bits per heavy atom. The average Bonchev–Trinajstić information content (AvgIpc) is 2.29. The number of rotatable bonds is 2. The minimum atomic E-state index is 0.395. The lowest BCUT2D eigenvalue weighted by Crippen LogP contribution is -2.11. The zero-order valence-electron chi connectivity index (χ0n) is 9.52. The Balaban J connectivity index is 2.60. The van der Waals surface area contributed by atoms with Gasteiger partial charge in [-0.3, -0.25) is 0 Å². The van der Waals surface area contributed by atoms with Crippen LogP contribution in [0.1, 0.15) is 48.6 Å². The first-order chi connectivity index (χ1) is 7.77. The highest BCUT2D eigenvalue weighted by atomic mass is 35.5. The van der Waals surface area contributed by atoms with E-state index in [2.05, 4.69) is 18.0 Å². The van der Waals surface area contributed by atoms with Gasteiger partial charge in [-0.25, -0.2) is 4.98 Å². The standard InChI is InChI=1S/C13H15ClN2/c1-2-5-9-10-6-3-4-7-12(10)16-13(14)11(9)8-15/h2-7H2,1H3. The highest BCUT2D eigenvalue weighted by Gasteiger charge is 2.20. The Morgan fingerprint density at radius 3 is 2.81 bits per heavy atom. The summed E-state index contributed by atoms with van der Waals surface area (Å²) in [5.74, 6) is 0. The second kappa shape index (κ2) is 4.84. The van der Waals surface area contributed by atoms with Gasteiger partial charge in [0.1, 0.15) is 11.2 Å². The molecule has 0 fully saturated rings. The van der Waals surface area contributed by atoms with Gasteiger partial charge in [0.25, 0.3) is 0 Å². The molecule has 1 aliphatic carbocycles. The summed E-state index contributed by atoms with van der Waals surface area (Å²) in [6.07, 6.45) is 6.45. The normalized spacial score (nSPS) is 14.3. The summed E-state index contributed by atoms with van der Waals surface area (Å²) in [6.45, 7) is 2.13. The van der Waals surface area contributed by atoms with Gasteiger partial charge < -0.3 is 0 Å². The molecule has 1 heterocycles. The fourth-order valence-electron chi connectivity index (χ4n) is 2.43. The molecule has 0 bridgehead atoms. The second-order valence-electron chi connectivity index (χ2n) is 4.25. The van der Waals surface area contributed by atoms with E-state index in [1.54, 1.807) is 0 Å². The Labute approximate surface area is 101 Å². The van der Waals surface area contributed by atoms with Gasteiger partial charge in [0.05, 0.1) is 5.56 Å². The van der Waals surface area contributed by atoms with Gasteiger partial charge >= 0.3 is 0 Å². The van der Waals surface area contributed by atoms with E-state index >= 15 is 0 Å². The Morgan fingerprint density at radius 2 is 2.12 bits per heavy atom. The summed E-state index contributed by atoms with van der Waals surface area (Å²) >= 11 is 6.07. The van der Waals surface area contributed by atoms with E-state index in [0.717, 1.165) is 36.9 Å². The number of nitrogens with zero attached hydrogens (tertiary/aromatic N) is 2. The summed E-state index contributed by atoms with van der Waals surface area (Å²) in [5.41, 5.74) is 4.18. The topological polar surface area (TPSA) is 36.7 Å². The maximum Gasteiger partial charge on any atom is 0.147 e. The van der Waals surface area contributed by atoms with Gasteiger partial charge in [0.2, 0.25) is 0 Å². The van der Waals surface area contributed by atoms with Crippen molar-refractivity contribution in [3.63, 3.8) is 0 Å². The molecular formula is C13H15ClN2. The lowest BCUT2D eigenvalue weighted by molar-refractivity contribution is 0.657. The van der Waals surface area contributed by atoms with Gasteiger partial charge in [-0.1, -0.05) is 24.9 Å². The summed E-state index contributed by atoms with van der Waals surface area (Å²) < 4.78 is 0. The lowest BCUT2D eigenvalue weighted by Gasteiger charge is -2.20. The van der Waals surface area contributed by atoms with Crippen molar-refractivity contribution in [2.75, 3.05) is 0 Å². The van der Waals surface area contributed by atoms with E-state index < -0.39 is 0 Å². The molecule has 0 saturated carbocycles. The Hall–Kier alpha value is -1.07. The molecule has 2 nitrogen and oxygen atoms in total. The van der Waals surface area contributed by atoms with Crippen molar-refractivity contribution in [3.05, 3.63) is 27.5 Å². The molecule has 1 aliphatic rings. The fourth-order valence-corrected chi connectivity index (χ4v) is 2.69. The molecule has 0 unspecified atom stereocenters. The summed E-state index contributed by atoms with van der Waals surface area (Å²) in [6, 6.07) is 2.20. The molecule has 0 N–H and O–H groups in total.